The van der Waals surface area contributed by atoms with Gasteiger partial charge in [0.25, 0.3) is 10.0 Å². The van der Waals surface area contributed by atoms with E-state index in [-0.39, 0.29) is 4.90 Å². The Hall–Kier alpha value is -2.87. The number of hydrogen-bond acceptors (Lipinski definition) is 6. The first-order valence-corrected chi connectivity index (χ1v) is 8.32. The Bertz CT molecular complexity index is 837. The molecule has 0 saturated carbocycles. The predicted molar refractivity (Wildman–Crippen MR) is 87.7 cm³/mol. The summed E-state index contributed by atoms with van der Waals surface area (Å²) in [4.78, 5) is 11.3. The van der Waals surface area contributed by atoms with Gasteiger partial charge in [0.2, 0.25) is 0 Å². The highest BCUT2D eigenvalue weighted by atomic mass is 32.2. The fourth-order valence-electron chi connectivity index (χ4n) is 1.67. The molecule has 0 saturated heterocycles. The first-order valence-electron chi connectivity index (χ1n) is 6.88. The molecule has 0 spiro atoms. The summed E-state index contributed by atoms with van der Waals surface area (Å²) in [5, 5.41) is 3.87. The molecular weight excluding hydrogens is 332 g/mol. The Labute approximate surface area is 139 Å². The number of esters is 1. The van der Waals surface area contributed by atoms with Crippen molar-refractivity contribution in [3.8, 4) is 0 Å². The van der Waals surface area contributed by atoms with E-state index in [0.717, 1.165) is 17.8 Å². The molecule has 0 atom stereocenters. The molecule has 0 fully saturated rings. The average molecular weight is 348 g/mol. The number of aryl methyl sites for hydroxylation is 1. The minimum atomic E-state index is -3.98. The Morgan fingerprint density at radius 3 is 2.54 bits per heavy atom. The minimum Gasteiger partial charge on any atom is -0.466 e. The SMILES string of the molecule is COC(=O)/C=C/N(/N=C/c1ccco1)S(=O)(=O)c1ccc(C)cc1. The number of methoxy groups -OCH3 is 1. The standard InChI is InChI=1S/C16H16N2O5S/c1-13-5-7-15(8-6-13)24(20,21)18(10-9-16(19)22-2)17-12-14-4-3-11-23-14/h3-12H,1-2H3/b10-9+,17-12+. The molecule has 2 rings (SSSR count). The lowest BCUT2D eigenvalue weighted by Crippen LogP contribution is -2.21. The second-order valence-corrected chi connectivity index (χ2v) is 6.49. The van der Waals surface area contributed by atoms with Gasteiger partial charge in [-0.3, -0.25) is 0 Å². The van der Waals surface area contributed by atoms with Crippen LogP contribution in [-0.4, -0.2) is 32.1 Å². The maximum Gasteiger partial charge on any atom is 0.332 e. The molecule has 1 aromatic heterocycles. The predicted octanol–water partition coefficient (Wildman–Crippen LogP) is 2.30. The number of nitrogens with zero attached hydrogens (tertiary/aromatic N) is 2. The van der Waals surface area contributed by atoms with Crippen molar-refractivity contribution < 1.29 is 22.4 Å². The lowest BCUT2D eigenvalue weighted by Gasteiger charge is -2.14. The van der Waals surface area contributed by atoms with Gasteiger partial charge in [0.05, 0.1) is 24.5 Å². The van der Waals surface area contributed by atoms with Crippen molar-refractivity contribution in [3.05, 3.63) is 66.3 Å². The molecule has 2 aromatic rings. The number of furan rings is 1. The van der Waals surface area contributed by atoms with Crippen LogP contribution in [0.5, 0.6) is 0 Å². The molecule has 126 valence electrons. The van der Waals surface area contributed by atoms with Crippen molar-refractivity contribution in [1.29, 1.82) is 0 Å². The van der Waals surface area contributed by atoms with Gasteiger partial charge in [0.15, 0.2) is 0 Å². The van der Waals surface area contributed by atoms with Crippen LogP contribution >= 0.6 is 0 Å². The van der Waals surface area contributed by atoms with E-state index in [0.29, 0.717) is 10.2 Å². The molecule has 0 unspecified atom stereocenters. The van der Waals surface area contributed by atoms with E-state index >= 15 is 0 Å². The molecule has 1 aromatic carbocycles. The van der Waals surface area contributed by atoms with E-state index in [9.17, 15) is 13.2 Å². The van der Waals surface area contributed by atoms with Crippen LogP contribution in [-0.2, 0) is 19.6 Å². The van der Waals surface area contributed by atoms with Gasteiger partial charge in [0.1, 0.15) is 5.76 Å². The lowest BCUT2D eigenvalue weighted by atomic mass is 10.2. The summed E-state index contributed by atoms with van der Waals surface area (Å²) in [5.74, 6) is -0.335. The number of hydrogen-bond donors (Lipinski definition) is 0. The minimum absolute atomic E-state index is 0.0409. The molecule has 0 aliphatic rings. The first kappa shape index (κ1) is 17.5. The van der Waals surface area contributed by atoms with Crippen molar-refractivity contribution in [2.75, 3.05) is 7.11 Å². The van der Waals surface area contributed by atoms with Crippen LogP contribution in [0.3, 0.4) is 0 Å². The summed E-state index contributed by atoms with van der Waals surface area (Å²) in [6.07, 6.45) is 4.64. The highest BCUT2D eigenvalue weighted by molar-refractivity contribution is 7.89. The fourth-order valence-corrected chi connectivity index (χ4v) is 2.76. The van der Waals surface area contributed by atoms with E-state index in [1.54, 1.807) is 24.3 Å². The first-order chi connectivity index (χ1) is 11.4. The second kappa shape index (κ2) is 7.60. The maximum absolute atomic E-state index is 12.7. The topological polar surface area (TPSA) is 89.2 Å². The third-order valence-corrected chi connectivity index (χ3v) is 4.52. The quantitative estimate of drug-likeness (QED) is 0.346. The molecule has 0 N–H and O–H groups in total. The Morgan fingerprint density at radius 2 is 1.96 bits per heavy atom. The van der Waals surface area contributed by atoms with Gasteiger partial charge in [-0.1, -0.05) is 17.7 Å². The number of sulfonamides is 1. The zero-order valence-corrected chi connectivity index (χ0v) is 13.9. The zero-order valence-electron chi connectivity index (χ0n) is 13.1. The third-order valence-electron chi connectivity index (χ3n) is 2.95. The van der Waals surface area contributed by atoms with Crippen LogP contribution in [0.2, 0.25) is 0 Å². The smallest absolute Gasteiger partial charge is 0.332 e. The summed E-state index contributed by atoms with van der Waals surface area (Å²) in [5.41, 5.74) is 0.921. The normalized spacial score (nSPS) is 11.9. The Balaban J connectivity index is 2.38. The van der Waals surface area contributed by atoms with Crippen molar-refractivity contribution in [2.45, 2.75) is 11.8 Å². The molecule has 0 bridgehead atoms. The van der Waals surface area contributed by atoms with Crippen LogP contribution in [0, 0.1) is 6.92 Å². The van der Waals surface area contributed by atoms with Gasteiger partial charge in [-0.2, -0.15) is 17.9 Å². The highest BCUT2D eigenvalue weighted by Crippen LogP contribution is 2.17. The number of rotatable bonds is 6. The van der Waals surface area contributed by atoms with Gasteiger partial charge >= 0.3 is 5.97 Å². The van der Waals surface area contributed by atoms with Crippen LogP contribution in [0.1, 0.15) is 11.3 Å². The molecule has 0 aliphatic heterocycles. The number of carbonyl (C=O) groups excluding carboxylic acids is 1. The Morgan fingerprint density at radius 1 is 1.25 bits per heavy atom. The number of hydrazone groups is 1. The average Bonchev–Trinajstić information content (AvgIpc) is 3.08. The van der Waals surface area contributed by atoms with E-state index in [4.69, 9.17) is 4.42 Å². The molecule has 7 nitrogen and oxygen atoms in total. The van der Waals surface area contributed by atoms with Crippen LogP contribution in [0.4, 0.5) is 0 Å². The number of ether oxygens (including phenoxy) is 1. The summed E-state index contributed by atoms with van der Waals surface area (Å²) in [6.45, 7) is 1.85. The van der Waals surface area contributed by atoms with Crippen LogP contribution in [0.15, 0.2) is 69.4 Å². The second-order valence-electron chi connectivity index (χ2n) is 4.69. The van der Waals surface area contributed by atoms with E-state index in [1.807, 2.05) is 6.92 Å². The van der Waals surface area contributed by atoms with E-state index < -0.39 is 16.0 Å². The van der Waals surface area contributed by atoms with Gasteiger partial charge in [-0.05, 0) is 31.2 Å². The summed E-state index contributed by atoms with van der Waals surface area (Å²) in [7, 11) is -2.78. The summed E-state index contributed by atoms with van der Waals surface area (Å²) >= 11 is 0. The van der Waals surface area contributed by atoms with Gasteiger partial charge in [0, 0.05) is 12.3 Å². The fraction of sp³-hybridized carbons (Fsp3) is 0.125. The van der Waals surface area contributed by atoms with Crippen molar-refractivity contribution in [3.63, 3.8) is 0 Å². The molecule has 8 heteroatoms. The highest BCUT2D eigenvalue weighted by Gasteiger charge is 2.21. The van der Waals surface area contributed by atoms with Crippen LogP contribution < -0.4 is 0 Å². The largest absolute Gasteiger partial charge is 0.466 e. The number of benzene rings is 1. The zero-order chi connectivity index (χ0) is 17.6. The van der Waals surface area contributed by atoms with Gasteiger partial charge in [-0.25, -0.2) is 4.79 Å². The van der Waals surface area contributed by atoms with Crippen molar-refractivity contribution in [1.82, 2.24) is 4.41 Å². The Kier molecular flexibility index (Phi) is 5.54. The summed E-state index contributed by atoms with van der Waals surface area (Å²) in [6, 6.07) is 9.53. The molecular formula is C16H16N2O5S. The molecule has 1 heterocycles. The molecule has 0 amide bonds. The molecule has 0 aliphatic carbocycles. The monoisotopic (exact) mass is 348 g/mol. The van der Waals surface area contributed by atoms with Crippen molar-refractivity contribution >= 4 is 22.2 Å². The molecule has 0 radical (unpaired) electrons. The lowest BCUT2D eigenvalue weighted by molar-refractivity contribution is -0.134. The molecule has 24 heavy (non-hydrogen) atoms. The third kappa shape index (κ3) is 4.32. The van der Waals surface area contributed by atoms with E-state index in [1.165, 1.54) is 31.7 Å². The van der Waals surface area contributed by atoms with Crippen molar-refractivity contribution in [2.24, 2.45) is 5.10 Å². The van der Waals surface area contributed by atoms with E-state index in [2.05, 4.69) is 9.84 Å². The maximum atomic E-state index is 12.7. The number of carbonyl (C=O) groups is 1. The summed E-state index contributed by atoms with van der Waals surface area (Å²) < 4.78 is 35.6. The van der Waals surface area contributed by atoms with Gasteiger partial charge < -0.3 is 9.15 Å². The van der Waals surface area contributed by atoms with Crippen LogP contribution in [0.25, 0.3) is 0 Å². The van der Waals surface area contributed by atoms with Gasteiger partial charge in [-0.15, -0.1) is 0 Å².